The molecule has 0 amide bonds. The molecule has 1 unspecified atom stereocenters. The first-order valence-electron chi connectivity index (χ1n) is 14.8. The molecule has 3 nitrogen and oxygen atoms in total. The van der Waals surface area contributed by atoms with E-state index >= 15 is 0 Å². The van der Waals surface area contributed by atoms with E-state index in [-0.39, 0.29) is 11.2 Å². The van der Waals surface area contributed by atoms with Crippen LogP contribution < -0.4 is 0 Å². The number of allylic oxidation sites excluding steroid dienone is 2. The van der Waals surface area contributed by atoms with Crippen molar-refractivity contribution in [2.24, 2.45) is 17.3 Å². The summed E-state index contributed by atoms with van der Waals surface area (Å²) >= 11 is 0. The van der Waals surface area contributed by atoms with E-state index in [0.717, 1.165) is 37.7 Å². The molecule has 2 fully saturated rings. The van der Waals surface area contributed by atoms with Crippen LogP contribution in [0.15, 0.2) is 66.8 Å². The SMILES string of the molecule is C=CC1(CN2CCC(CC3CC(C)=C(Cc4ccc(C(C)=O)cc4)c4ccccc4C3)CC2)COC1.CC. The average Bonchev–Trinajstić information content (AvgIpc) is 3.04. The Bertz CT molecular complexity index is 1120. The molecule has 3 aliphatic rings. The van der Waals surface area contributed by atoms with Crippen molar-refractivity contribution in [2.45, 2.75) is 66.2 Å². The maximum atomic E-state index is 11.7. The lowest BCUT2D eigenvalue weighted by Gasteiger charge is -2.44. The van der Waals surface area contributed by atoms with Gasteiger partial charge in [-0.1, -0.05) is 74.0 Å². The van der Waals surface area contributed by atoms with Crippen molar-refractivity contribution in [1.82, 2.24) is 4.90 Å². The summed E-state index contributed by atoms with van der Waals surface area (Å²) in [5.74, 6) is 1.66. The van der Waals surface area contributed by atoms with Gasteiger partial charge in [-0.05, 0) is 99.6 Å². The summed E-state index contributed by atoms with van der Waals surface area (Å²) in [7, 11) is 0. The van der Waals surface area contributed by atoms with E-state index in [1.54, 1.807) is 6.92 Å². The van der Waals surface area contributed by atoms with Gasteiger partial charge in [0.2, 0.25) is 0 Å². The van der Waals surface area contributed by atoms with Gasteiger partial charge >= 0.3 is 0 Å². The zero-order chi connectivity index (χ0) is 27.1. The number of Topliss-reactive ketones (excluding diaryl/α,β-unsaturated/α-hetero) is 1. The molecule has 0 N–H and O–H groups in total. The Hall–Kier alpha value is -2.49. The Kier molecular flexibility index (Phi) is 9.79. The number of likely N-dealkylation sites (tertiary alicyclic amines) is 1. The second-order valence-corrected chi connectivity index (χ2v) is 11.6. The van der Waals surface area contributed by atoms with Gasteiger partial charge in [0.05, 0.1) is 13.2 Å². The van der Waals surface area contributed by atoms with Gasteiger partial charge in [0, 0.05) is 17.5 Å². The van der Waals surface area contributed by atoms with Crippen LogP contribution >= 0.6 is 0 Å². The molecule has 204 valence electrons. The Balaban J connectivity index is 0.00000164. The summed E-state index contributed by atoms with van der Waals surface area (Å²) in [6.07, 6.45) is 9.37. The largest absolute Gasteiger partial charge is 0.379 e. The molecule has 0 spiro atoms. The number of hydrogen-bond acceptors (Lipinski definition) is 3. The predicted octanol–water partition coefficient (Wildman–Crippen LogP) is 7.80. The third-order valence-electron chi connectivity index (χ3n) is 8.83. The molecule has 3 heteroatoms. The molecule has 2 aromatic rings. The van der Waals surface area contributed by atoms with E-state index in [0.29, 0.717) is 5.92 Å². The smallest absolute Gasteiger partial charge is 0.159 e. The fraction of sp³-hybridized carbons (Fsp3) is 0.514. The van der Waals surface area contributed by atoms with Crippen molar-refractivity contribution in [1.29, 1.82) is 0 Å². The highest BCUT2D eigenvalue weighted by molar-refractivity contribution is 5.94. The monoisotopic (exact) mass is 513 g/mol. The van der Waals surface area contributed by atoms with Crippen molar-refractivity contribution in [3.05, 3.63) is 89.0 Å². The molecule has 2 heterocycles. The van der Waals surface area contributed by atoms with Gasteiger partial charge in [-0.2, -0.15) is 0 Å². The van der Waals surface area contributed by atoms with Gasteiger partial charge in [-0.25, -0.2) is 0 Å². The topological polar surface area (TPSA) is 29.5 Å². The first-order valence-corrected chi connectivity index (χ1v) is 14.8. The van der Waals surface area contributed by atoms with Gasteiger partial charge in [-0.15, -0.1) is 6.58 Å². The van der Waals surface area contributed by atoms with Gasteiger partial charge in [-0.3, -0.25) is 4.79 Å². The molecule has 1 aliphatic carbocycles. The lowest BCUT2D eigenvalue weighted by Crippen LogP contribution is -2.51. The van der Waals surface area contributed by atoms with Crippen LogP contribution in [-0.4, -0.2) is 43.5 Å². The molecule has 38 heavy (non-hydrogen) atoms. The first-order chi connectivity index (χ1) is 18.4. The quantitative estimate of drug-likeness (QED) is 0.266. The Morgan fingerprint density at radius 3 is 2.32 bits per heavy atom. The van der Waals surface area contributed by atoms with Crippen molar-refractivity contribution < 1.29 is 9.53 Å². The summed E-state index contributed by atoms with van der Waals surface area (Å²) in [6, 6.07) is 17.2. The summed E-state index contributed by atoms with van der Waals surface area (Å²) in [4.78, 5) is 14.3. The standard InChI is InChI=1S/C33H41NO2.C2H6/c1-4-33(22-36-23-33)21-34-15-13-27(14-16-34)18-28-17-24(2)32(31-8-6-5-7-30(31)19-28)20-26-9-11-29(12-10-26)25(3)35;1-2/h4-12,27-28H,1,13-23H2,2-3H3;1-2H3. The zero-order valence-corrected chi connectivity index (χ0v) is 24.1. The van der Waals surface area contributed by atoms with Gasteiger partial charge in [0.25, 0.3) is 0 Å². The number of fused-ring (bicyclic) bond motifs is 1. The van der Waals surface area contributed by atoms with Gasteiger partial charge in [0.15, 0.2) is 5.78 Å². The van der Waals surface area contributed by atoms with Crippen LogP contribution in [0.5, 0.6) is 0 Å². The summed E-state index contributed by atoms with van der Waals surface area (Å²) < 4.78 is 5.49. The molecule has 5 rings (SSSR count). The van der Waals surface area contributed by atoms with Crippen LogP contribution in [0.1, 0.15) is 80.4 Å². The van der Waals surface area contributed by atoms with Crippen LogP contribution in [0.3, 0.4) is 0 Å². The van der Waals surface area contributed by atoms with Crippen LogP contribution in [-0.2, 0) is 17.6 Å². The molecular formula is C35H47NO2. The maximum Gasteiger partial charge on any atom is 0.159 e. The van der Waals surface area contributed by atoms with Crippen LogP contribution in [0.2, 0.25) is 0 Å². The third-order valence-corrected chi connectivity index (χ3v) is 8.83. The summed E-state index contributed by atoms with van der Waals surface area (Å²) in [6.45, 7) is 17.3. The van der Waals surface area contributed by atoms with E-state index in [1.165, 1.54) is 73.0 Å². The minimum absolute atomic E-state index is 0.127. The predicted molar refractivity (Wildman–Crippen MR) is 160 cm³/mol. The van der Waals surface area contributed by atoms with Crippen molar-refractivity contribution in [3.8, 4) is 0 Å². The number of rotatable bonds is 8. The van der Waals surface area contributed by atoms with Crippen LogP contribution in [0, 0.1) is 17.3 Å². The molecule has 2 aliphatic heterocycles. The number of ketones is 1. The Labute approximate surface area is 231 Å². The minimum atomic E-state index is 0.127. The third kappa shape index (κ3) is 6.74. The van der Waals surface area contributed by atoms with E-state index in [9.17, 15) is 4.79 Å². The fourth-order valence-corrected chi connectivity index (χ4v) is 6.57. The van der Waals surface area contributed by atoms with E-state index in [2.05, 4.69) is 60.9 Å². The average molecular weight is 514 g/mol. The second kappa shape index (κ2) is 13.0. The molecule has 2 saturated heterocycles. The lowest BCUT2D eigenvalue weighted by molar-refractivity contribution is -0.0987. The summed E-state index contributed by atoms with van der Waals surface area (Å²) in [5.41, 5.74) is 8.22. The second-order valence-electron chi connectivity index (χ2n) is 11.6. The van der Waals surface area contributed by atoms with Crippen LogP contribution in [0.25, 0.3) is 5.57 Å². The number of ether oxygens (including phenoxy) is 1. The first kappa shape index (κ1) is 28.5. The Morgan fingerprint density at radius 2 is 1.71 bits per heavy atom. The van der Waals surface area contributed by atoms with Crippen molar-refractivity contribution in [3.63, 3.8) is 0 Å². The highest BCUT2D eigenvalue weighted by atomic mass is 16.5. The molecule has 0 saturated carbocycles. The maximum absolute atomic E-state index is 11.7. The number of piperidine rings is 1. The number of nitrogens with zero attached hydrogens (tertiary/aromatic N) is 1. The number of carbonyl (C=O) groups is 1. The number of hydrogen-bond donors (Lipinski definition) is 0. The normalized spacial score (nSPS) is 21.4. The fourth-order valence-electron chi connectivity index (χ4n) is 6.57. The molecule has 0 aromatic heterocycles. The Morgan fingerprint density at radius 1 is 1.03 bits per heavy atom. The van der Waals surface area contributed by atoms with Crippen LogP contribution in [0.4, 0.5) is 0 Å². The van der Waals surface area contributed by atoms with E-state index < -0.39 is 0 Å². The van der Waals surface area contributed by atoms with Gasteiger partial charge < -0.3 is 9.64 Å². The van der Waals surface area contributed by atoms with E-state index in [4.69, 9.17) is 4.74 Å². The van der Waals surface area contributed by atoms with Crippen molar-refractivity contribution in [2.75, 3.05) is 32.8 Å². The molecule has 1 atom stereocenters. The van der Waals surface area contributed by atoms with Crippen molar-refractivity contribution >= 4 is 11.4 Å². The molecule has 0 radical (unpaired) electrons. The molecular weight excluding hydrogens is 466 g/mol. The lowest BCUT2D eigenvalue weighted by atomic mass is 9.81. The van der Waals surface area contributed by atoms with Gasteiger partial charge in [0.1, 0.15) is 0 Å². The zero-order valence-electron chi connectivity index (χ0n) is 24.1. The summed E-state index contributed by atoms with van der Waals surface area (Å²) in [5, 5.41) is 0. The minimum Gasteiger partial charge on any atom is -0.379 e. The molecule has 0 bridgehead atoms. The van der Waals surface area contributed by atoms with E-state index in [1.807, 2.05) is 26.0 Å². The number of carbonyl (C=O) groups excluding carboxylic acids is 1. The highest BCUT2D eigenvalue weighted by Crippen LogP contribution is 2.39. The number of benzene rings is 2. The highest BCUT2D eigenvalue weighted by Gasteiger charge is 2.38. The molecule has 2 aromatic carbocycles.